The van der Waals surface area contributed by atoms with Gasteiger partial charge in [0.1, 0.15) is 11.9 Å². The summed E-state index contributed by atoms with van der Waals surface area (Å²) in [6.07, 6.45) is 0.0658. The highest BCUT2D eigenvalue weighted by Gasteiger charge is 2.35. The van der Waals surface area contributed by atoms with Crippen molar-refractivity contribution in [3.05, 3.63) is 87.9 Å². The fraction of sp³-hybridized carbons (Fsp3) is 0.250. The fourth-order valence-corrected chi connectivity index (χ4v) is 4.40. The van der Waals surface area contributed by atoms with Crippen LogP contribution in [0.2, 0.25) is 0 Å². The summed E-state index contributed by atoms with van der Waals surface area (Å²) in [5.74, 6) is 0.908. The van der Waals surface area contributed by atoms with E-state index in [9.17, 15) is 0 Å². The van der Waals surface area contributed by atoms with E-state index in [0.29, 0.717) is 0 Å². The van der Waals surface area contributed by atoms with E-state index in [1.54, 1.807) is 7.11 Å². The van der Waals surface area contributed by atoms with Crippen LogP contribution in [0.25, 0.3) is 0 Å². The molecule has 0 N–H and O–H groups in total. The molecule has 0 amide bonds. The van der Waals surface area contributed by atoms with Crippen LogP contribution in [0.4, 0.5) is 11.4 Å². The normalized spacial score (nSPS) is 14.6. The molecule has 1 saturated heterocycles. The van der Waals surface area contributed by atoms with Crippen molar-refractivity contribution in [2.45, 2.75) is 20.0 Å². The van der Waals surface area contributed by atoms with Gasteiger partial charge in [0, 0.05) is 34.5 Å². The number of hydrogen-bond acceptors (Lipinski definition) is 3. The summed E-state index contributed by atoms with van der Waals surface area (Å²) in [6, 6.07) is 23.7. The lowest BCUT2D eigenvalue weighted by Crippen LogP contribution is -2.31. The Labute approximate surface area is 175 Å². The summed E-state index contributed by atoms with van der Waals surface area (Å²) in [7, 11) is 1.75. The van der Waals surface area contributed by atoms with E-state index >= 15 is 0 Å². The third-order valence-electron chi connectivity index (χ3n) is 5.31. The molecule has 1 heterocycles. The van der Waals surface area contributed by atoms with E-state index in [4.69, 9.17) is 4.74 Å². The van der Waals surface area contributed by atoms with E-state index in [2.05, 4.69) is 94.2 Å². The first-order valence-corrected chi connectivity index (χ1v) is 10.4. The van der Waals surface area contributed by atoms with Gasteiger partial charge in [-0.15, -0.1) is 0 Å². The largest absolute Gasteiger partial charge is 0.496 e. The van der Waals surface area contributed by atoms with Crippen LogP contribution >= 0.6 is 15.9 Å². The topological polar surface area (TPSA) is 15.7 Å². The van der Waals surface area contributed by atoms with Crippen LogP contribution in [-0.4, -0.2) is 20.2 Å². The van der Waals surface area contributed by atoms with Gasteiger partial charge in [0.25, 0.3) is 0 Å². The Hall–Kier alpha value is -2.46. The maximum Gasteiger partial charge on any atom is 0.132 e. The number of nitrogens with zero attached hydrogens (tertiary/aromatic N) is 2. The lowest BCUT2D eigenvalue weighted by molar-refractivity contribution is 0.405. The number of halogens is 1. The monoisotopic (exact) mass is 436 g/mol. The Morgan fingerprint density at radius 2 is 1.39 bits per heavy atom. The first kappa shape index (κ1) is 18.9. The first-order chi connectivity index (χ1) is 13.6. The third kappa shape index (κ3) is 3.61. The minimum absolute atomic E-state index is 0.0658. The van der Waals surface area contributed by atoms with Gasteiger partial charge < -0.3 is 14.5 Å². The van der Waals surface area contributed by atoms with Crippen LogP contribution in [0.1, 0.15) is 22.9 Å². The van der Waals surface area contributed by atoms with E-state index in [0.717, 1.165) is 28.9 Å². The molecule has 144 valence electrons. The van der Waals surface area contributed by atoms with Crippen molar-refractivity contribution in [1.82, 2.24) is 0 Å². The molecule has 0 aromatic heterocycles. The van der Waals surface area contributed by atoms with Gasteiger partial charge in [0.2, 0.25) is 0 Å². The Kier molecular flexibility index (Phi) is 5.31. The van der Waals surface area contributed by atoms with Gasteiger partial charge in [-0.05, 0) is 67.4 Å². The van der Waals surface area contributed by atoms with Crippen molar-refractivity contribution in [2.75, 3.05) is 30.0 Å². The van der Waals surface area contributed by atoms with Crippen molar-refractivity contribution in [3.8, 4) is 5.75 Å². The standard InChI is InChI=1S/C24H25BrN2O/c1-17-6-4-8-20(14-17)26-12-13-27(21-9-5-7-18(2)15-21)24(26)22-16-19(25)10-11-23(22)28-3/h4-11,14-16,24H,12-13H2,1-3H3. The molecule has 3 aromatic rings. The predicted molar refractivity (Wildman–Crippen MR) is 120 cm³/mol. The van der Waals surface area contributed by atoms with Crippen LogP contribution in [0.15, 0.2) is 71.2 Å². The molecule has 0 aliphatic carbocycles. The maximum atomic E-state index is 5.75. The molecule has 0 saturated carbocycles. The zero-order valence-electron chi connectivity index (χ0n) is 16.5. The average molecular weight is 437 g/mol. The number of benzene rings is 3. The van der Waals surface area contributed by atoms with Gasteiger partial charge >= 0.3 is 0 Å². The highest BCUT2D eigenvalue weighted by Crippen LogP contribution is 2.42. The third-order valence-corrected chi connectivity index (χ3v) is 5.80. The van der Waals surface area contributed by atoms with Crippen LogP contribution in [-0.2, 0) is 0 Å². The molecular formula is C24H25BrN2O. The average Bonchev–Trinajstić information content (AvgIpc) is 3.13. The molecule has 4 rings (SSSR count). The van der Waals surface area contributed by atoms with Crippen molar-refractivity contribution in [1.29, 1.82) is 0 Å². The summed E-state index contributed by atoms with van der Waals surface area (Å²) in [6.45, 7) is 6.20. The van der Waals surface area contributed by atoms with Crippen molar-refractivity contribution >= 4 is 27.3 Å². The smallest absolute Gasteiger partial charge is 0.132 e. The van der Waals surface area contributed by atoms with Crippen molar-refractivity contribution in [3.63, 3.8) is 0 Å². The molecule has 3 aromatic carbocycles. The number of methoxy groups -OCH3 is 1. The zero-order valence-corrected chi connectivity index (χ0v) is 18.1. The second-order valence-corrected chi connectivity index (χ2v) is 8.24. The minimum Gasteiger partial charge on any atom is -0.496 e. The lowest BCUT2D eigenvalue weighted by Gasteiger charge is -2.34. The van der Waals surface area contributed by atoms with Gasteiger partial charge in [-0.3, -0.25) is 0 Å². The van der Waals surface area contributed by atoms with Crippen molar-refractivity contribution in [2.24, 2.45) is 0 Å². The van der Waals surface area contributed by atoms with Gasteiger partial charge in [-0.25, -0.2) is 0 Å². The summed E-state index contributed by atoms with van der Waals surface area (Å²) in [4.78, 5) is 4.94. The summed E-state index contributed by atoms with van der Waals surface area (Å²) in [5, 5.41) is 0. The van der Waals surface area contributed by atoms with Gasteiger partial charge in [0.15, 0.2) is 0 Å². The molecule has 0 atom stereocenters. The molecule has 0 bridgehead atoms. The molecular weight excluding hydrogens is 412 g/mol. The first-order valence-electron chi connectivity index (χ1n) is 9.57. The molecule has 28 heavy (non-hydrogen) atoms. The molecule has 0 unspecified atom stereocenters. The number of aryl methyl sites for hydroxylation is 2. The Balaban J connectivity index is 1.85. The van der Waals surface area contributed by atoms with E-state index in [1.807, 2.05) is 12.1 Å². The predicted octanol–water partition coefficient (Wildman–Crippen LogP) is 6.10. The number of rotatable bonds is 4. The van der Waals surface area contributed by atoms with Crippen LogP contribution in [0, 0.1) is 13.8 Å². The second kappa shape index (κ2) is 7.88. The quantitative estimate of drug-likeness (QED) is 0.491. The SMILES string of the molecule is COc1ccc(Br)cc1C1N(c2cccc(C)c2)CCN1c1cccc(C)c1. The van der Waals surface area contributed by atoms with Crippen LogP contribution in [0.5, 0.6) is 5.75 Å². The highest BCUT2D eigenvalue weighted by atomic mass is 79.9. The minimum atomic E-state index is 0.0658. The fourth-order valence-electron chi connectivity index (χ4n) is 4.02. The van der Waals surface area contributed by atoms with Crippen molar-refractivity contribution < 1.29 is 4.74 Å². The molecule has 1 aliphatic rings. The van der Waals surface area contributed by atoms with Gasteiger partial charge in [-0.1, -0.05) is 40.2 Å². The number of ether oxygens (including phenoxy) is 1. The Morgan fingerprint density at radius 1 is 0.821 bits per heavy atom. The van der Waals surface area contributed by atoms with Crippen LogP contribution < -0.4 is 14.5 Å². The highest BCUT2D eigenvalue weighted by molar-refractivity contribution is 9.10. The number of hydrogen-bond donors (Lipinski definition) is 0. The van der Waals surface area contributed by atoms with E-state index in [-0.39, 0.29) is 6.17 Å². The Bertz CT molecular complexity index is 934. The summed E-state index contributed by atoms with van der Waals surface area (Å²) < 4.78 is 6.81. The lowest BCUT2D eigenvalue weighted by atomic mass is 10.1. The second-order valence-electron chi connectivity index (χ2n) is 7.32. The molecule has 0 spiro atoms. The molecule has 3 nitrogen and oxygen atoms in total. The van der Waals surface area contributed by atoms with E-state index < -0.39 is 0 Å². The maximum absolute atomic E-state index is 5.75. The molecule has 1 aliphatic heterocycles. The van der Waals surface area contributed by atoms with Gasteiger partial charge in [-0.2, -0.15) is 0 Å². The van der Waals surface area contributed by atoms with Crippen LogP contribution in [0.3, 0.4) is 0 Å². The zero-order chi connectivity index (χ0) is 19.7. The number of anilines is 2. The summed E-state index contributed by atoms with van der Waals surface area (Å²) in [5.41, 5.74) is 6.18. The summed E-state index contributed by atoms with van der Waals surface area (Å²) >= 11 is 3.66. The van der Waals surface area contributed by atoms with Gasteiger partial charge in [0.05, 0.1) is 7.11 Å². The molecule has 0 radical (unpaired) electrons. The Morgan fingerprint density at radius 3 is 1.89 bits per heavy atom. The molecule has 1 fully saturated rings. The van der Waals surface area contributed by atoms with E-state index in [1.165, 1.54) is 22.5 Å². The molecule has 4 heteroatoms.